The van der Waals surface area contributed by atoms with Crippen molar-refractivity contribution in [3.8, 4) is 5.75 Å². The summed E-state index contributed by atoms with van der Waals surface area (Å²) >= 11 is 12.1. The van der Waals surface area contributed by atoms with Gasteiger partial charge in [-0.1, -0.05) is 77.8 Å². The lowest BCUT2D eigenvalue weighted by molar-refractivity contribution is 0.174. The number of benzene rings is 3. The standard InChI is InChI=1S/C22H21Cl2NO2/c23-19-11-10-18(20(24)12-19)15-27-22-9-5-4-8-17(22)13-25-14-21(26)16-6-2-1-3-7-16/h1-12,21,25-26H,13-15H2. The average Bonchev–Trinajstić information content (AvgIpc) is 2.69. The molecule has 0 spiro atoms. The van der Waals surface area contributed by atoms with Crippen molar-refractivity contribution in [3.63, 3.8) is 0 Å². The molecule has 3 aromatic rings. The summed E-state index contributed by atoms with van der Waals surface area (Å²) in [5, 5.41) is 14.7. The maximum absolute atomic E-state index is 10.3. The van der Waals surface area contributed by atoms with Gasteiger partial charge in [0.25, 0.3) is 0 Å². The topological polar surface area (TPSA) is 41.5 Å². The minimum absolute atomic E-state index is 0.361. The first-order valence-electron chi connectivity index (χ1n) is 8.72. The highest BCUT2D eigenvalue weighted by Gasteiger charge is 2.09. The van der Waals surface area contributed by atoms with Crippen LogP contribution < -0.4 is 10.1 Å². The summed E-state index contributed by atoms with van der Waals surface area (Å²) in [4.78, 5) is 0. The van der Waals surface area contributed by atoms with E-state index in [-0.39, 0.29) is 0 Å². The van der Waals surface area contributed by atoms with Gasteiger partial charge in [0.05, 0.1) is 6.10 Å². The summed E-state index contributed by atoms with van der Waals surface area (Å²) in [6.07, 6.45) is -0.549. The Morgan fingerprint density at radius 1 is 0.889 bits per heavy atom. The van der Waals surface area contributed by atoms with E-state index < -0.39 is 6.10 Å². The lowest BCUT2D eigenvalue weighted by atomic mass is 10.1. The summed E-state index contributed by atoms with van der Waals surface area (Å²) in [5.74, 6) is 0.783. The first-order chi connectivity index (χ1) is 13.1. The van der Waals surface area contributed by atoms with Crippen LogP contribution >= 0.6 is 23.2 Å². The van der Waals surface area contributed by atoms with E-state index in [2.05, 4.69) is 5.32 Å². The van der Waals surface area contributed by atoms with Gasteiger partial charge in [-0.2, -0.15) is 0 Å². The lowest BCUT2D eigenvalue weighted by Crippen LogP contribution is -2.21. The number of nitrogens with one attached hydrogen (secondary N) is 1. The third kappa shape index (κ3) is 5.72. The van der Waals surface area contributed by atoms with Gasteiger partial charge in [-0.15, -0.1) is 0 Å². The predicted octanol–water partition coefficient (Wildman–Crippen LogP) is 5.40. The molecule has 27 heavy (non-hydrogen) atoms. The van der Waals surface area contributed by atoms with Crippen LogP contribution in [0.1, 0.15) is 22.8 Å². The highest BCUT2D eigenvalue weighted by atomic mass is 35.5. The number of hydrogen-bond acceptors (Lipinski definition) is 3. The third-order valence-corrected chi connectivity index (χ3v) is 4.80. The number of hydrogen-bond donors (Lipinski definition) is 2. The molecule has 0 amide bonds. The van der Waals surface area contributed by atoms with Gasteiger partial charge in [0.1, 0.15) is 12.4 Å². The minimum atomic E-state index is -0.549. The summed E-state index contributed by atoms with van der Waals surface area (Å²) in [6.45, 7) is 1.41. The molecule has 0 heterocycles. The van der Waals surface area contributed by atoms with Crippen molar-refractivity contribution in [1.29, 1.82) is 0 Å². The highest BCUT2D eigenvalue weighted by molar-refractivity contribution is 6.35. The number of aliphatic hydroxyl groups is 1. The molecule has 2 N–H and O–H groups in total. The summed E-state index contributed by atoms with van der Waals surface area (Å²) in [5.41, 5.74) is 2.79. The number of aliphatic hydroxyl groups excluding tert-OH is 1. The van der Waals surface area contributed by atoms with Gasteiger partial charge in [-0.3, -0.25) is 0 Å². The van der Waals surface area contributed by atoms with Gasteiger partial charge >= 0.3 is 0 Å². The van der Waals surface area contributed by atoms with Gasteiger partial charge in [0, 0.05) is 34.3 Å². The van der Waals surface area contributed by atoms with Gasteiger partial charge in [0.2, 0.25) is 0 Å². The quantitative estimate of drug-likeness (QED) is 0.531. The molecular weight excluding hydrogens is 381 g/mol. The molecule has 5 heteroatoms. The fourth-order valence-corrected chi connectivity index (χ4v) is 3.18. The van der Waals surface area contributed by atoms with Gasteiger partial charge in [-0.25, -0.2) is 0 Å². The van der Waals surface area contributed by atoms with Crippen LogP contribution in [0.4, 0.5) is 0 Å². The molecule has 0 fully saturated rings. The van der Waals surface area contributed by atoms with Gasteiger partial charge in [0.15, 0.2) is 0 Å². The molecule has 1 unspecified atom stereocenters. The van der Waals surface area contributed by atoms with E-state index >= 15 is 0 Å². The van der Waals surface area contributed by atoms with Gasteiger partial charge < -0.3 is 15.2 Å². The largest absolute Gasteiger partial charge is 0.489 e. The monoisotopic (exact) mass is 401 g/mol. The van der Waals surface area contributed by atoms with Crippen molar-refractivity contribution in [2.75, 3.05) is 6.54 Å². The first-order valence-corrected chi connectivity index (χ1v) is 9.47. The Hall–Kier alpha value is -2.04. The second kappa shape index (κ2) is 9.77. The fraction of sp³-hybridized carbons (Fsp3) is 0.182. The SMILES string of the molecule is OC(CNCc1ccccc1OCc1ccc(Cl)cc1Cl)c1ccccc1. The predicted molar refractivity (Wildman–Crippen MR) is 110 cm³/mol. The molecule has 140 valence electrons. The summed E-state index contributed by atoms with van der Waals surface area (Å²) in [6, 6.07) is 22.8. The second-order valence-corrected chi connectivity index (χ2v) is 7.03. The zero-order chi connectivity index (χ0) is 19.1. The van der Waals surface area contributed by atoms with E-state index in [9.17, 15) is 5.11 Å². The molecule has 1 atom stereocenters. The van der Waals surface area contributed by atoms with Crippen LogP contribution in [0.2, 0.25) is 10.0 Å². The van der Waals surface area contributed by atoms with E-state index in [1.807, 2.05) is 60.7 Å². The average molecular weight is 402 g/mol. The summed E-state index contributed by atoms with van der Waals surface area (Å²) < 4.78 is 5.96. The molecule has 0 saturated carbocycles. The Bertz CT molecular complexity index is 871. The minimum Gasteiger partial charge on any atom is -0.489 e. The van der Waals surface area contributed by atoms with E-state index in [4.69, 9.17) is 27.9 Å². The van der Waals surface area contributed by atoms with Crippen LogP contribution in [0.5, 0.6) is 5.75 Å². The zero-order valence-electron chi connectivity index (χ0n) is 14.7. The molecular formula is C22H21Cl2NO2. The number of rotatable bonds is 8. The molecule has 0 saturated heterocycles. The normalized spacial score (nSPS) is 12.0. The fourth-order valence-electron chi connectivity index (χ4n) is 2.72. The lowest BCUT2D eigenvalue weighted by Gasteiger charge is -2.15. The number of ether oxygens (including phenoxy) is 1. The van der Waals surface area contributed by atoms with E-state index in [0.717, 1.165) is 22.4 Å². The van der Waals surface area contributed by atoms with Crippen molar-refractivity contribution < 1.29 is 9.84 Å². The maximum Gasteiger partial charge on any atom is 0.124 e. The van der Waals surface area contributed by atoms with Crippen molar-refractivity contribution in [2.45, 2.75) is 19.3 Å². The zero-order valence-corrected chi connectivity index (χ0v) is 16.3. The smallest absolute Gasteiger partial charge is 0.124 e. The number of para-hydroxylation sites is 1. The maximum atomic E-state index is 10.3. The van der Waals surface area contributed by atoms with E-state index in [1.54, 1.807) is 12.1 Å². The summed E-state index contributed by atoms with van der Waals surface area (Å²) in [7, 11) is 0. The van der Waals surface area contributed by atoms with Crippen LogP contribution in [0.15, 0.2) is 72.8 Å². The third-order valence-electron chi connectivity index (χ3n) is 4.21. The van der Waals surface area contributed by atoms with Crippen molar-refractivity contribution in [3.05, 3.63) is 99.5 Å². The van der Waals surface area contributed by atoms with E-state index in [1.165, 1.54) is 0 Å². The van der Waals surface area contributed by atoms with Crippen molar-refractivity contribution in [1.82, 2.24) is 5.32 Å². The molecule has 0 radical (unpaired) electrons. The molecule has 0 aliphatic rings. The Morgan fingerprint density at radius 2 is 1.63 bits per heavy atom. The Labute approximate surface area is 169 Å². The van der Waals surface area contributed by atoms with E-state index in [0.29, 0.717) is 29.7 Å². The van der Waals surface area contributed by atoms with Crippen LogP contribution in [0.25, 0.3) is 0 Å². The molecule has 3 aromatic carbocycles. The molecule has 0 bridgehead atoms. The van der Waals surface area contributed by atoms with Crippen LogP contribution in [0, 0.1) is 0 Å². The molecule has 0 aromatic heterocycles. The number of halogens is 2. The Balaban J connectivity index is 1.57. The second-order valence-electron chi connectivity index (χ2n) is 6.19. The molecule has 0 aliphatic heterocycles. The molecule has 3 nitrogen and oxygen atoms in total. The van der Waals surface area contributed by atoms with Crippen LogP contribution in [-0.2, 0) is 13.2 Å². The van der Waals surface area contributed by atoms with Crippen LogP contribution in [0.3, 0.4) is 0 Å². The van der Waals surface area contributed by atoms with Gasteiger partial charge in [-0.05, 0) is 23.8 Å². The van der Waals surface area contributed by atoms with Crippen molar-refractivity contribution >= 4 is 23.2 Å². The Kier molecular flexibility index (Phi) is 7.13. The molecule has 3 rings (SSSR count). The van der Waals surface area contributed by atoms with Crippen molar-refractivity contribution in [2.24, 2.45) is 0 Å². The first kappa shape index (κ1) is 19.7. The van der Waals surface area contributed by atoms with Crippen LogP contribution in [-0.4, -0.2) is 11.7 Å². The highest BCUT2D eigenvalue weighted by Crippen LogP contribution is 2.24. The molecule has 0 aliphatic carbocycles. The Morgan fingerprint density at radius 3 is 2.41 bits per heavy atom.